The fraction of sp³-hybridized carbons (Fsp3) is 0.270. The van der Waals surface area contributed by atoms with Crippen LogP contribution < -0.4 is 10.6 Å². The molecule has 0 spiro atoms. The molecule has 0 bridgehead atoms. The van der Waals surface area contributed by atoms with Crippen molar-refractivity contribution >= 4 is 67.3 Å². The van der Waals surface area contributed by atoms with Gasteiger partial charge in [0.25, 0.3) is 12.0 Å². The Morgan fingerprint density at radius 3 is 2.45 bits per heavy atom. The largest absolute Gasteiger partial charge is 0.348 e. The lowest BCUT2D eigenvalue weighted by molar-refractivity contribution is -0.137. The van der Waals surface area contributed by atoms with Gasteiger partial charge in [-0.15, -0.1) is 0 Å². The summed E-state index contributed by atoms with van der Waals surface area (Å²) in [5.41, 5.74) is 0.937. The molecule has 16 heteroatoms. The highest BCUT2D eigenvalue weighted by Gasteiger charge is 2.40. The molecule has 1 aromatic heterocycles. The predicted octanol–water partition coefficient (Wildman–Crippen LogP) is 5.70. The van der Waals surface area contributed by atoms with Gasteiger partial charge in [-0.1, -0.05) is 29.8 Å². The monoisotopic (exact) mass is 766 g/mol. The number of rotatable bonds is 10. The third kappa shape index (κ3) is 6.74. The van der Waals surface area contributed by atoms with E-state index in [0.29, 0.717) is 29.5 Å². The van der Waals surface area contributed by atoms with E-state index in [2.05, 4.69) is 10.6 Å². The van der Waals surface area contributed by atoms with Gasteiger partial charge in [0.1, 0.15) is 18.3 Å². The van der Waals surface area contributed by atoms with Crippen molar-refractivity contribution in [3.8, 4) is 11.1 Å². The number of benzene rings is 3. The summed E-state index contributed by atoms with van der Waals surface area (Å²) >= 11 is 6.54. The minimum Gasteiger partial charge on any atom is -0.348 e. The second kappa shape index (κ2) is 13.6. The third-order valence-electron chi connectivity index (χ3n) is 9.78. The van der Waals surface area contributed by atoms with Crippen molar-refractivity contribution in [2.75, 3.05) is 17.6 Å². The molecule has 2 N–H and O–H groups in total. The molecule has 53 heavy (non-hydrogen) atoms. The van der Waals surface area contributed by atoms with Crippen LogP contribution in [0.5, 0.6) is 0 Å². The molecular weight excluding hydrogens is 737 g/mol. The standard InChI is InChI=1S/C37H30ClF3N4O7S/c1-18(46)27-15-44(29-10-5-19(11-25(27)29)31(47)17-53(51,52)21-6-7-21)16-32(48)45-14-20(35(40)41)12-30(45)37(50)43-28-4-2-3-23(34(28)39)22-8-9-24-26(33(22)38)13-42-36(24)49/h2-5,8-11,15,21,30H,6-7,12-14,16-17H2,1H3,(H,42,49)(H,43,50)/t30-/m0/s1. The number of nitrogens with zero attached hydrogens (tertiary/aromatic N) is 2. The van der Waals surface area contributed by atoms with Crippen LogP contribution in [0.2, 0.25) is 5.02 Å². The predicted molar refractivity (Wildman–Crippen MR) is 189 cm³/mol. The van der Waals surface area contributed by atoms with E-state index in [9.17, 15) is 41.2 Å². The molecular formula is C37H30ClF3N4O7S. The van der Waals surface area contributed by atoms with Crippen LogP contribution in [0.4, 0.5) is 18.9 Å². The Hall–Kier alpha value is -5.28. The van der Waals surface area contributed by atoms with Crippen LogP contribution in [-0.4, -0.2) is 70.8 Å². The molecule has 3 amide bonds. The Balaban J connectivity index is 1.14. The van der Waals surface area contributed by atoms with E-state index in [1.54, 1.807) is 0 Å². The maximum absolute atomic E-state index is 15.9. The molecule has 1 saturated heterocycles. The lowest BCUT2D eigenvalue weighted by Gasteiger charge is -2.24. The number of carbonyl (C=O) groups excluding carboxylic acids is 5. The minimum atomic E-state index is -3.60. The van der Waals surface area contributed by atoms with E-state index in [1.165, 1.54) is 66.2 Å². The molecule has 11 nitrogen and oxygen atoms in total. The average Bonchev–Trinajstić information content (AvgIpc) is 3.63. The molecule has 1 atom stereocenters. The summed E-state index contributed by atoms with van der Waals surface area (Å²) in [5.74, 6) is -4.59. The second-order valence-electron chi connectivity index (χ2n) is 13.3. The van der Waals surface area contributed by atoms with Gasteiger partial charge in [-0.3, -0.25) is 24.0 Å². The Labute approximate surface area is 305 Å². The number of likely N-dealkylation sites (tertiary alicyclic amines) is 1. The first-order chi connectivity index (χ1) is 25.1. The molecule has 1 aliphatic carbocycles. The van der Waals surface area contributed by atoms with Crippen LogP contribution in [0.25, 0.3) is 22.0 Å². The van der Waals surface area contributed by atoms with Gasteiger partial charge >= 0.3 is 0 Å². The summed E-state index contributed by atoms with van der Waals surface area (Å²) in [5, 5.41) is 4.99. The summed E-state index contributed by atoms with van der Waals surface area (Å²) < 4.78 is 69.9. The minimum absolute atomic E-state index is 0.0137. The number of ketones is 2. The quantitative estimate of drug-likeness (QED) is 0.197. The number of hydrogen-bond donors (Lipinski definition) is 2. The van der Waals surface area contributed by atoms with Crippen LogP contribution in [-0.2, 0) is 32.5 Å². The molecule has 2 aliphatic heterocycles. The van der Waals surface area contributed by atoms with Crippen LogP contribution >= 0.6 is 11.6 Å². The Morgan fingerprint density at radius 1 is 1.02 bits per heavy atom. The highest BCUT2D eigenvalue weighted by Crippen LogP contribution is 2.38. The fourth-order valence-electron chi connectivity index (χ4n) is 6.82. The number of Topliss-reactive ketones (excluding diaryl/α,β-unsaturated/α-hetero) is 2. The van der Waals surface area contributed by atoms with Gasteiger partial charge in [-0.05, 0) is 50.1 Å². The van der Waals surface area contributed by atoms with Crippen LogP contribution in [0, 0.1) is 5.82 Å². The van der Waals surface area contributed by atoms with E-state index in [1.807, 2.05) is 0 Å². The molecule has 3 aliphatic rings. The third-order valence-corrected chi connectivity index (χ3v) is 12.4. The fourth-order valence-corrected chi connectivity index (χ4v) is 8.77. The average molecular weight is 767 g/mol. The smallest absolute Gasteiger partial charge is 0.271 e. The highest BCUT2D eigenvalue weighted by atomic mass is 35.5. The summed E-state index contributed by atoms with van der Waals surface area (Å²) in [4.78, 5) is 65.9. The summed E-state index contributed by atoms with van der Waals surface area (Å²) in [6.07, 6.45) is -0.190. The van der Waals surface area contributed by atoms with Crippen molar-refractivity contribution in [1.82, 2.24) is 14.8 Å². The van der Waals surface area contributed by atoms with E-state index in [4.69, 9.17) is 11.6 Å². The zero-order valence-corrected chi connectivity index (χ0v) is 29.5. The number of halogens is 4. The molecule has 2 fully saturated rings. The second-order valence-corrected chi connectivity index (χ2v) is 15.9. The SMILES string of the molecule is CC(=O)c1cn(CC(=O)N2CC(=C(F)F)C[C@H]2C(=O)Nc2cccc(-c3ccc4c(c3Cl)CNC4=O)c2F)c2ccc(C(=O)CS(=O)(=O)C3CC3)cc12. The van der Waals surface area contributed by atoms with E-state index in [-0.39, 0.29) is 50.8 Å². The first kappa shape index (κ1) is 36.1. The maximum Gasteiger partial charge on any atom is 0.271 e. The summed E-state index contributed by atoms with van der Waals surface area (Å²) in [7, 11) is -3.60. The molecule has 4 aromatic rings. The van der Waals surface area contributed by atoms with Crippen LogP contribution in [0.15, 0.2) is 66.4 Å². The number of nitrogens with one attached hydrogen (secondary N) is 2. The number of anilines is 1. The molecule has 0 unspecified atom stereocenters. The topological polar surface area (TPSA) is 152 Å². The first-order valence-electron chi connectivity index (χ1n) is 16.5. The van der Waals surface area contributed by atoms with Crippen molar-refractivity contribution in [3.05, 3.63) is 99.5 Å². The van der Waals surface area contributed by atoms with Gasteiger partial charge in [-0.2, -0.15) is 8.78 Å². The van der Waals surface area contributed by atoms with Crippen molar-refractivity contribution < 1.29 is 45.6 Å². The molecule has 3 aromatic carbocycles. The first-order valence-corrected chi connectivity index (χ1v) is 18.6. The van der Waals surface area contributed by atoms with Crippen molar-refractivity contribution in [2.24, 2.45) is 0 Å². The van der Waals surface area contributed by atoms with Crippen molar-refractivity contribution in [2.45, 2.75) is 50.6 Å². The molecule has 3 heterocycles. The molecule has 0 radical (unpaired) electrons. The van der Waals surface area contributed by atoms with E-state index < -0.39 is 87.2 Å². The number of fused-ring (bicyclic) bond motifs is 2. The highest BCUT2D eigenvalue weighted by molar-refractivity contribution is 7.93. The maximum atomic E-state index is 15.9. The molecule has 7 rings (SSSR count). The van der Waals surface area contributed by atoms with E-state index >= 15 is 4.39 Å². The number of sulfone groups is 1. The molecule has 1 saturated carbocycles. The van der Waals surface area contributed by atoms with Gasteiger partial charge < -0.3 is 20.1 Å². The van der Waals surface area contributed by atoms with Gasteiger partial charge in [0.2, 0.25) is 11.8 Å². The van der Waals surface area contributed by atoms with Gasteiger partial charge in [0, 0.05) is 75.6 Å². The number of hydrogen-bond acceptors (Lipinski definition) is 7. The zero-order chi connectivity index (χ0) is 37.9. The van der Waals surface area contributed by atoms with Gasteiger partial charge in [0.15, 0.2) is 27.2 Å². The van der Waals surface area contributed by atoms with Gasteiger partial charge in [-0.25, -0.2) is 12.8 Å². The molecule has 274 valence electrons. The number of aromatic nitrogens is 1. The normalized spacial score (nSPS) is 16.8. The zero-order valence-electron chi connectivity index (χ0n) is 28.0. The Kier molecular flexibility index (Phi) is 9.27. The lowest BCUT2D eigenvalue weighted by Crippen LogP contribution is -2.44. The summed E-state index contributed by atoms with van der Waals surface area (Å²) in [6, 6.07) is 9.94. The number of carbonyl (C=O) groups is 5. The number of amides is 3. The Bertz CT molecular complexity index is 2440. The summed E-state index contributed by atoms with van der Waals surface area (Å²) in [6.45, 7) is 0.371. The van der Waals surface area contributed by atoms with Crippen molar-refractivity contribution in [3.63, 3.8) is 0 Å². The Morgan fingerprint density at radius 2 is 1.75 bits per heavy atom. The van der Waals surface area contributed by atoms with Crippen LogP contribution in [0.1, 0.15) is 62.8 Å². The lowest BCUT2D eigenvalue weighted by atomic mass is 9.99. The van der Waals surface area contributed by atoms with Gasteiger partial charge in [0.05, 0.1) is 16.0 Å². The van der Waals surface area contributed by atoms with E-state index in [0.717, 1.165) is 4.90 Å². The van der Waals surface area contributed by atoms with Crippen LogP contribution in [0.3, 0.4) is 0 Å². The van der Waals surface area contributed by atoms with Crippen molar-refractivity contribution in [1.29, 1.82) is 0 Å².